The van der Waals surface area contributed by atoms with Crippen LogP contribution in [0.4, 0.5) is 5.69 Å². The van der Waals surface area contributed by atoms with Crippen LogP contribution in [0.5, 0.6) is 0 Å². The van der Waals surface area contributed by atoms with Crippen LogP contribution < -0.4 is 10.7 Å². The van der Waals surface area contributed by atoms with Gasteiger partial charge in [-0.2, -0.15) is 5.10 Å². The number of hydrogen-bond donors (Lipinski definition) is 2. The van der Waals surface area contributed by atoms with Gasteiger partial charge in [-0.25, -0.2) is 5.43 Å². The molecular weight excluding hydrogens is 338 g/mol. The van der Waals surface area contributed by atoms with Crippen LogP contribution in [0.2, 0.25) is 0 Å². The van der Waals surface area contributed by atoms with Gasteiger partial charge in [0.15, 0.2) is 0 Å². The molecule has 5 nitrogen and oxygen atoms in total. The first kappa shape index (κ1) is 20.4. The highest BCUT2D eigenvalue weighted by atomic mass is 16.2. The van der Waals surface area contributed by atoms with Crippen LogP contribution in [0.25, 0.3) is 0 Å². The highest BCUT2D eigenvalue weighted by molar-refractivity contribution is 6.02. The van der Waals surface area contributed by atoms with Crippen LogP contribution in [-0.2, 0) is 4.79 Å². The van der Waals surface area contributed by atoms with E-state index in [4.69, 9.17) is 0 Å². The predicted octanol–water partition coefficient (Wildman–Crippen LogP) is 4.61. The zero-order chi connectivity index (χ0) is 19.6. The van der Waals surface area contributed by atoms with E-state index in [2.05, 4.69) is 22.8 Å². The molecule has 0 bridgehead atoms. The lowest BCUT2D eigenvalue weighted by Gasteiger charge is -2.08. The minimum atomic E-state index is -0.278. The predicted molar refractivity (Wildman–Crippen MR) is 110 cm³/mol. The largest absolute Gasteiger partial charge is 0.326 e. The van der Waals surface area contributed by atoms with Gasteiger partial charge in [0.25, 0.3) is 5.91 Å². The molecule has 0 unspecified atom stereocenters. The van der Waals surface area contributed by atoms with E-state index in [9.17, 15) is 9.59 Å². The molecule has 0 aromatic heterocycles. The number of hydrazone groups is 1. The number of anilines is 1. The minimum Gasteiger partial charge on any atom is -0.326 e. The molecule has 27 heavy (non-hydrogen) atoms. The molecule has 2 amide bonds. The summed E-state index contributed by atoms with van der Waals surface area (Å²) in [6.07, 6.45) is 2.19. The lowest BCUT2D eigenvalue weighted by molar-refractivity contribution is -0.116. The Morgan fingerprint density at radius 2 is 1.63 bits per heavy atom. The molecule has 5 heteroatoms. The summed E-state index contributed by atoms with van der Waals surface area (Å²) in [6.45, 7) is 6.07. The maximum atomic E-state index is 12.4. The molecule has 0 spiro atoms. The van der Waals surface area contributed by atoms with Crippen LogP contribution in [-0.4, -0.2) is 17.5 Å². The third-order valence-electron chi connectivity index (χ3n) is 3.91. The van der Waals surface area contributed by atoms with Crippen molar-refractivity contribution in [2.45, 2.75) is 40.0 Å². The van der Waals surface area contributed by atoms with E-state index in [1.807, 2.05) is 44.2 Å². The summed E-state index contributed by atoms with van der Waals surface area (Å²) in [5, 5.41) is 7.14. The van der Waals surface area contributed by atoms with Crippen molar-refractivity contribution in [2.24, 2.45) is 11.0 Å². The normalized spacial score (nSPS) is 11.3. The molecule has 2 rings (SSSR count). The van der Waals surface area contributed by atoms with E-state index in [-0.39, 0.29) is 11.8 Å². The molecule has 2 N–H and O–H groups in total. The van der Waals surface area contributed by atoms with E-state index in [0.29, 0.717) is 23.6 Å². The summed E-state index contributed by atoms with van der Waals surface area (Å²) < 4.78 is 0. The first-order chi connectivity index (χ1) is 13.0. The van der Waals surface area contributed by atoms with E-state index in [1.165, 1.54) is 0 Å². The van der Waals surface area contributed by atoms with Crippen molar-refractivity contribution < 1.29 is 9.59 Å². The molecule has 0 heterocycles. The molecule has 2 aromatic carbocycles. The highest BCUT2D eigenvalue weighted by Gasteiger charge is 2.09. The average Bonchev–Trinajstić information content (AvgIpc) is 2.65. The fourth-order valence-corrected chi connectivity index (χ4v) is 2.60. The highest BCUT2D eigenvalue weighted by Crippen LogP contribution is 2.12. The van der Waals surface area contributed by atoms with Crippen molar-refractivity contribution in [1.82, 2.24) is 5.43 Å². The average molecular weight is 365 g/mol. The van der Waals surface area contributed by atoms with E-state index >= 15 is 0 Å². The standard InChI is InChI=1S/C22H27N3O2/c1-4-8-20(17-9-6-5-7-10-17)24-25-22(27)18-11-13-19(14-12-18)23-21(26)15-16(2)3/h5-7,9-14,16H,4,8,15H2,1-3H3,(H,23,26)(H,25,27)/b24-20+. The van der Waals surface area contributed by atoms with Crippen LogP contribution in [0, 0.1) is 5.92 Å². The summed E-state index contributed by atoms with van der Waals surface area (Å²) >= 11 is 0. The second-order valence-corrected chi connectivity index (χ2v) is 6.84. The Bertz CT molecular complexity index is 781. The number of benzene rings is 2. The lowest BCUT2D eigenvalue weighted by Crippen LogP contribution is -2.20. The lowest BCUT2D eigenvalue weighted by atomic mass is 10.1. The molecule has 0 saturated heterocycles. The Morgan fingerprint density at radius 1 is 0.963 bits per heavy atom. The third-order valence-corrected chi connectivity index (χ3v) is 3.91. The van der Waals surface area contributed by atoms with Crippen molar-refractivity contribution in [2.75, 3.05) is 5.32 Å². The van der Waals surface area contributed by atoms with Crippen molar-refractivity contribution >= 4 is 23.2 Å². The Labute approximate surface area is 160 Å². The van der Waals surface area contributed by atoms with Crippen LogP contribution in [0.15, 0.2) is 59.7 Å². The van der Waals surface area contributed by atoms with Crippen LogP contribution in [0.3, 0.4) is 0 Å². The maximum absolute atomic E-state index is 12.4. The van der Waals surface area contributed by atoms with Gasteiger partial charge in [0.05, 0.1) is 5.71 Å². The van der Waals surface area contributed by atoms with E-state index in [0.717, 1.165) is 24.1 Å². The summed E-state index contributed by atoms with van der Waals surface area (Å²) in [6, 6.07) is 16.6. The summed E-state index contributed by atoms with van der Waals surface area (Å²) in [5.74, 6) is -0.00620. The van der Waals surface area contributed by atoms with Crippen molar-refractivity contribution in [3.63, 3.8) is 0 Å². The maximum Gasteiger partial charge on any atom is 0.271 e. The number of carbonyl (C=O) groups excluding carboxylic acids is 2. The zero-order valence-corrected chi connectivity index (χ0v) is 16.2. The number of nitrogens with one attached hydrogen (secondary N) is 2. The van der Waals surface area contributed by atoms with Crippen molar-refractivity contribution in [1.29, 1.82) is 0 Å². The number of amides is 2. The second-order valence-electron chi connectivity index (χ2n) is 6.84. The molecular formula is C22H27N3O2. The van der Waals surface area contributed by atoms with Gasteiger partial charge in [-0.05, 0) is 42.2 Å². The van der Waals surface area contributed by atoms with E-state index in [1.54, 1.807) is 24.3 Å². The molecule has 0 saturated carbocycles. The zero-order valence-electron chi connectivity index (χ0n) is 16.2. The first-order valence-electron chi connectivity index (χ1n) is 9.31. The van der Waals surface area contributed by atoms with Gasteiger partial charge in [0.2, 0.25) is 5.91 Å². The quantitative estimate of drug-likeness (QED) is 0.530. The van der Waals surface area contributed by atoms with Gasteiger partial charge in [-0.15, -0.1) is 0 Å². The molecule has 2 aromatic rings. The Morgan fingerprint density at radius 3 is 2.22 bits per heavy atom. The van der Waals surface area contributed by atoms with Gasteiger partial charge in [-0.3, -0.25) is 9.59 Å². The Hall–Kier alpha value is -2.95. The number of carbonyl (C=O) groups is 2. The van der Waals surface area contributed by atoms with Crippen LogP contribution >= 0.6 is 0 Å². The van der Waals surface area contributed by atoms with E-state index < -0.39 is 0 Å². The third kappa shape index (κ3) is 6.70. The Balaban J connectivity index is 2.01. The SMILES string of the molecule is CCC/C(=N\NC(=O)c1ccc(NC(=O)CC(C)C)cc1)c1ccccc1. The topological polar surface area (TPSA) is 70.6 Å². The number of nitrogens with zero attached hydrogens (tertiary/aromatic N) is 1. The van der Waals surface area contributed by atoms with Gasteiger partial charge >= 0.3 is 0 Å². The summed E-state index contributed by atoms with van der Waals surface area (Å²) in [4.78, 5) is 24.2. The first-order valence-corrected chi connectivity index (χ1v) is 9.31. The fraction of sp³-hybridized carbons (Fsp3) is 0.318. The summed E-state index contributed by atoms with van der Waals surface area (Å²) in [7, 11) is 0. The Kier molecular flexibility index (Phi) is 7.74. The fourth-order valence-electron chi connectivity index (χ4n) is 2.60. The molecule has 142 valence electrons. The van der Waals surface area contributed by atoms with Gasteiger partial charge < -0.3 is 5.32 Å². The summed E-state index contributed by atoms with van der Waals surface area (Å²) in [5.41, 5.74) is 5.65. The van der Waals surface area contributed by atoms with Gasteiger partial charge in [0, 0.05) is 17.7 Å². The smallest absolute Gasteiger partial charge is 0.271 e. The molecule has 0 atom stereocenters. The minimum absolute atomic E-state index is 0.0288. The van der Waals surface area contributed by atoms with Gasteiger partial charge in [0.1, 0.15) is 0 Å². The monoisotopic (exact) mass is 365 g/mol. The second kappa shape index (κ2) is 10.3. The molecule has 0 aliphatic rings. The molecule has 0 fully saturated rings. The van der Waals surface area contributed by atoms with Crippen molar-refractivity contribution in [3.05, 3.63) is 65.7 Å². The van der Waals surface area contributed by atoms with Crippen molar-refractivity contribution in [3.8, 4) is 0 Å². The number of hydrogen-bond acceptors (Lipinski definition) is 3. The molecule has 0 radical (unpaired) electrons. The van der Waals surface area contributed by atoms with Crippen LogP contribution in [0.1, 0.15) is 56.0 Å². The molecule has 0 aliphatic heterocycles. The molecule has 0 aliphatic carbocycles. The van der Waals surface area contributed by atoms with Gasteiger partial charge in [-0.1, -0.05) is 57.5 Å². The number of rotatable bonds is 8.